The Morgan fingerprint density at radius 3 is 3.33 bits per heavy atom. The molecular weight excluding hydrogens is 214 g/mol. The Balaban J connectivity index is 1.90. The van der Waals surface area contributed by atoms with Crippen LogP contribution in [0.1, 0.15) is 4.88 Å². The van der Waals surface area contributed by atoms with Gasteiger partial charge in [-0.1, -0.05) is 0 Å². The number of carboxylic acid groups (broad SMARTS) is 1. The second kappa shape index (κ2) is 4.69. The standard InChI is InChI=1S/C9H13N3O2S/c13-9(14)8-5-12(2-1-11-8)4-7-3-10-6-15-7/h3,6,8,11H,1-2,4-5H2,(H,13,14)/t8-/m0/s1. The number of aromatic nitrogens is 1. The van der Waals surface area contributed by atoms with E-state index in [0.717, 1.165) is 19.6 Å². The summed E-state index contributed by atoms with van der Waals surface area (Å²) in [4.78, 5) is 18.1. The highest BCUT2D eigenvalue weighted by molar-refractivity contribution is 7.09. The summed E-state index contributed by atoms with van der Waals surface area (Å²) in [6.07, 6.45) is 1.84. The van der Waals surface area contributed by atoms with E-state index in [9.17, 15) is 4.79 Å². The lowest BCUT2D eigenvalue weighted by Crippen LogP contribution is -2.53. The van der Waals surface area contributed by atoms with Crippen LogP contribution in [-0.2, 0) is 11.3 Å². The van der Waals surface area contributed by atoms with Gasteiger partial charge in [0.05, 0.1) is 5.51 Å². The number of hydrogen-bond donors (Lipinski definition) is 2. The molecule has 0 radical (unpaired) electrons. The molecule has 1 aliphatic heterocycles. The molecular formula is C9H13N3O2S. The first-order valence-electron chi connectivity index (χ1n) is 4.81. The summed E-state index contributed by atoms with van der Waals surface area (Å²) in [6, 6.07) is -0.438. The van der Waals surface area contributed by atoms with Crippen LogP contribution in [0.2, 0.25) is 0 Å². The number of nitrogens with one attached hydrogen (secondary N) is 1. The minimum absolute atomic E-state index is 0.438. The first-order chi connectivity index (χ1) is 7.25. The molecule has 82 valence electrons. The Bertz CT molecular complexity index is 328. The lowest BCUT2D eigenvalue weighted by Gasteiger charge is -2.30. The van der Waals surface area contributed by atoms with Crippen molar-refractivity contribution in [1.82, 2.24) is 15.2 Å². The predicted octanol–water partition coefficient (Wildman–Crippen LogP) is 0.00150. The summed E-state index contributed by atoms with van der Waals surface area (Å²) in [7, 11) is 0. The van der Waals surface area contributed by atoms with Crippen molar-refractivity contribution in [1.29, 1.82) is 0 Å². The number of nitrogens with zero attached hydrogens (tertiary/aromatic N) is 2. The average molecular weight is 227 g/mol. The molecule has 0 bridgehead atoms. The van der Waals surface area contributed by atoms with Gasteiger partial charge >= 0.3 is 5.97 Å². The molecule has 0 saturated carbocycles. The van der Waals surface area contributed by atoms with Crippen molar-refractivity contribution in [3.63, 3.8) is 0 Å². The van der Waals surface area contributed by atoms with Gasteiger partial charge in [-0.15, -0.1) is 11.3 Å². The number of carbonyl (C=O) groups is 1. The Kier molecular flexibility index (Phi) is 3.30. The number of piperazine rings is 1. The van der Waals surface area contributed by atoms with Gasteiger partial charge in [-0.05, 0) is 0 Å². The fraction of sp³-hybridized carbons (Fsp3) is 0.556. The van der Waals surface area contributed by atoms with Crippen LogP contribution in [0.15, 0.2) is 11.7 Å². The van der Waals surface area contributed by atoms with E-state index in [1.165, 1.54) is 4.88 Å². The van der Waals surface area contributed by atoms with E-state index in [4.69, 9.17) is 5.11 Å². The molecule has 0 aliphatic carbocycles. The quantitative estimate of drug-likeness (QED) is 0.761. The van der Waals surface area contributed by atoms with Crippen molar-refractivity contribution in [3.05, 3.63) is 16.6 Å². The second-order valence-electron chi connectivity index (χ2n) is 3.55. The first kappa shape index (κ1) is 10.5. The Hall–Kier alpha value is -0.980. The van der Waals surface area contributed by atoms with E-state index in [0.29, 0.717) is 6.54 Å². The van der Waals surface area contributed by atoms with Crippen LogP contribution < -0.4 is 5.32 Å². The van der Waals surface area contributed by atoms with Gasteiger partial charge < -0.3 is 10.4 Å². The summed E-state index contributed by atoms with van der Waals surface area (Å²) in [5, 5.41) is 11.9. The Morgan fingerprint density at radius 1 is 1.80 bits per heavy atom. The zero-order chi connectivity index (χ0) is 10.7. The Morgan fingerprint density at radius 2 is 2.67 bits per heavy atom. The third-order valence-electron chi connectivity index (χ3n) is 2.42. The highest BCUT2D eigenvalue weighted by Crippen LogP contribution is 2.11. The lowest BCUT2D eigenvalue weighted by atomic mass is 10.2. The zero-order valence-electron chi connectivity index (χ0n) is 8.22. The molecule has 2 N–H and O–H groups in total. The third kappa shape index (κ3) is 2.74. The van der Waals surface area contributed by atoms with E-state index >= 15 is 0 Å². The second-order valence-corrected chi connectivity index (χ2v) is 4.52. The molecule has 15 heavy (non-hydrogen) atoms. The molecule has 0 spiro atoms. The van der Waals surface area contributed by atoms with Gasteiger partial charge in [-0.3, -0.25) is 14.7 Å². The largest absolute Gasteiger partial charge is 0.480 e. The van der Waals surface area contributed by atoms with Crippen LogP contribution >= 0.6 is 11.3 Å². The van der Waals surface area contributed by atoms with Crippen LogP contribution in [0.4, 0.5) is 0 Å². The van der Waals surface area contributed by atoms with E-state index in [2.05, 4.69) is 15.2 Å². The summed E-state index contributed by atoms with van der Waals surface area (Å²) < 4.78 is 0. The van der Waals surface area contributed by atoms with E-state index in [1.807, 2.05) is 6.20 Å². The number of thiazole rings is 1. The molecule has 2 heterocycles. The van der Waals surface area contributed by atoms with E-state index < -0.39 is 12.0 Å². The van der Waals surface area contributed by atoms with Gasteiger partial charge in [0.25, 0.3) is 0 Å². The molecule has 1 aromatic heterocycles. The van der Waals surface area contributed by atoms with Gasteiger partial charge in [0.1, 0.15) is 6.04 Å². The summed E-state index contributed by atoms with van der Waals surface area (Å²) in [5.41, 5.74) is 1.80. The number of aliphatic carboxylic acids is 1. The maximum absolute atomic E-state index is 10.8. The maximum Gasteiger partial charge on any atom is 0.322 e. The van der Waals surface area contributed by atoms with E-state index in [-0.39, 0.29) is 0 Å². The SMILES string of the molecule is O=C(O)[C@@H]1CN(Cc2cncs2)CCN1. The minimum Gasteiger partial charge on any atom is -0.480 e. The van der Waals surface area contributed by atoms with Gasteiger partial charge in [0, 0.05) is 37.3 Å². The summed E-state index contributed by atoms with van der Waals surface area (Å²) in [5.74, 6) is -0.774. The summed E-state index contributed by atoms with van der Waals surface area (Å²) in [6.45, 7) is 2.99. The first-order valence-corrected chi connectivity index (χ1v) is 5.69. The van der Waals surface area contributed by atoms with Crippen molar-refractivity contribution in [2.24, 2.45) is 0 Å². The van der Waals surface area contributed by atoms with Crippen LogP contribution in [-0.4, -0.2) is 46.6 Å². The topological polar surface area (TPSA) is 65.5 Å². The van der Waals surface area contributed by atoms with Gasteiger partial charge in [-0.2, -0.15) is 0 Å². The molecule has 1 fully saturated rings. The predicted molar refractivity (Wildman–Crippen MR) is 56.8 cm³/mol. The lowest BCUT2D eigenvalue weighted by molar-refractivity contribution is -0.140. The number of rotatable bonds is 3. The third-order valence-corrected chi connectivity index (χ3v) is 3.18. The fourth-order valence-electron chi connectivity index (χ4n) is 1.66. The molecule has 1 aliphatic rings. The molecule has 1 saturated heterocycles. The maximum atomic E-state index is 10.8. The van der Waals surface area contributed by atoms with Crippen molar-refractivity contribution in [2.45, 2.75) is 12.6 Å². The highest BCUT2D eigenvalue weighted by atomic mass is 32.1. The highest BCUT2D eigenvalue weighted by Gasteiger charge is 2.24. The van der Waals surface area contributed by atoms with Gasteiger partial charge in [0.15, 0.2) is 0 Å². The molecule has 2 rings (SSSR count). The normalized spacial score (nSPS) is 22.8. The fourth-order valence-corrected chi connectivity index (χ4v) is 2.30. The van der Waals surface area contributed by atoms with Crippen molar-refractivity contribution < 1.29 is 9.90 Å². The molecule has 6 heteroatoms. The molecule has 0 aromatic carbocycles. The Labute approximate surface area is 91.7 Å². The van der Waals surface area contributed by atoms with Crippen LogP contribution in [0.25, 0.3) is 0 Å². The smallest absolute Gasteiger partial charge is 0.322 e. The average Bonchev–Trinajstić information content (AvgIpc) is 2.71. The van der Waals surface area contributed by atoms with Crippen molar-refractivity contribution in [3.8, 4) is 0 Å². The van der Waals surface area contributed by atoms with Crippen molar-refractivity contribution >= 4 is 17.3 Å². The zero-order valence-corrected chi connectivity index (χ0v) is 9.04. The van der Waals surface area contributed by atoms with E-state index in [1.54, 1.807) is 16.8 Å². The van der Waals surface area contributed by atoms with Crippen LogP contribution in [0.3, 0.4) is 0 Å². The monoisotopic (exact) mass is 227 g/mol. The van der Waals surface area contributed by atoms with Gasteiger partial charge in [0.2, 0.25) is 0 Å². The minimum atomic E-state index is -0.774. The molecule has 5 nitrogen and oxygen atoms in total. The van der Waals surface area contributed by atoms with Crippen LogP contribution in [0.5, 0.6) is 0 Å². The van der Waals surface area contributed by atoms with Crippen molar-refractivity contribution in [2.75, 3.05) is 19.6 Å². The molecule has 0 unspecified atom stereocenters. The number of carboxylic acids is 1. The molecule has 0 amide bonds. The number of hydrogen-bond acceptors (Lipinski definition) is 5. The molecule has 1 aromatic rings. The van der Waals surface area contributed by atoms with Gasteiger partial charge in [-0.25, -0.2) is 0 Å². The summed E-state index contributed by atoms with van der Waals surface area (Å²) >= 11 is 1.61. The molecule has 1 atom stereocenters. The van der Waals surface area contributed by atoms with Crippen LogP contribution in [0, 0.1) is 0 Å².